The van der Waals surface area contributed by atoms with E-state index < -0.39 is 11.6 Å². The Labute approximate surface area is 134 Å². The molecule has 0 bridgehead atoms. The molecular weight excluding hydrogens is 332 g/mol. The third-order valence-electron chi connectivity index (χ3n) is 4.23. The van der Waals surface area contributed by atoms with E-state index in [9.17, 15) is 9.59 Å². The van der Waals surface area contributed by atoms with E-state index in [4.69, 9.17) is 0 Å². The summed E-state index contributed by atoms with van der Waals surface area (Å²) >= 11 is 3.50. The maximum absolute atomic E-state index is 12.9. The molecular formula is C16H21BrN2O2. The van der Waals surface area contributed by atoms with E-state index in [2.05, 4.69) is 21.2 Å². The van der Waals surface area contributed by atoms with Crippen molar-refractivity contribution in [3.8, 4) is 0 Å². The van der Waals surface area contributed by atoms with Crippen LogP contribution in [-0.4, -0.2) is 23.4 Å². The van der Waals surface area contributed by atoms with Crippen LogP contribution in [0.4, 0.5) is 5.69 Å². The highest BCUT2D eigenvalue weighted by molar-refractivity contribution is 9.10. The smallest absolute Gasteiger partial charge is 0.253 e. The summed E-state index contributed by atoms with van der Waals surface area (Å²) in [6.45, 7) is 7.61. The van der Waals surface area contributed by atoms with Crippen molar-refractivity contribution < 1.29 is 9.59 Å². The van der Waals surface area contributed by atoms with Crippen molar-refractivity contribution in [3.63, 3.8) is 0 Å². The summed E-state index contributed by atoms with van der Waals surface area (Å²) in [6.07, 6.45) is 1.15. The number of nitrogens with zero attached hydrogens (tertiary/aromatic N) is 1. The van der Waals surface area contributed by atoms with Crippen LogP contribution in [0.2, 0.25) is 0 Å². The van der Waals surface area contributed by atoms with Gasteiger partial charge in [-0.15, -0.1) is 0 Å². The van der Waals surface area contributed by atoms with Crippen LogP contribution in [0.1, 0.15) is 39.2 Å². The van der Waals surface area contributed by atoms with Gasteiger partial charge in [0.2, 0.25) is 5.91 Å². The summed E-state index contributed by atoms with van der Waals surface area (Å²) in [6, 6.07) is 5.31. The largest absolute Gasteiger partial charge is 0.340 e. The molecule has 1 saturated heterocycles. The maximum Gasteiger partial charge on any atom is 0.253 e. The highest BCUT2D eigenvalue weighted by Gasteiger charge is 2.46. The Balaban J connectivity index is 2.51. The number of halogens is 1. The average molecular weight is 353 g/mol. The van der Waals surface area contributed by atoms with Crippen LogP contribution >= 0.6 is 15.9 Å². The number of carbonyl (C=O) groups is 2. The first-order valence-corrected chi connectivity index (χ1v) is 8.05. The van der Waals surface area contributed by atoms with Gasteiger partial charge in [0.25, 0.3) is 5.91 Å². The lowest BCUT2D eigenvalue weighted by molar-refractivity contribution is -0.138. The molecule has 0 spiro atoms. The average Bonchev–Trinajstić information content (AvgIpc) is 2.45. The Morgan fingerprint density at radius 1 is 1.33 bits per heavy atom. The van der Waals surface area contributed by atoms with E-state index in [-0.39, 0.29) is 11.8 Å². The van der Waals surface area contributed by atoms with E-state index in [1.165, 1.54) is 0 Å². The SMILES string of the molecule is CCC1C(=O)NC(C)(CC)C(=O)N1c1ccc(C)c(Br)c1. The van der Waals surface area contributed by atoms with Crippen molar-refractivity contribution in [2.24, 2.45) is 0 Å². The normalized spacial score (nSPS) is 26.0. The number of aryl methyl sites for hydroxylation is 1. The molecule has 0 radical (unpaired) electrons. The van der Waals surface area contributed by atoms with Crippen molar-refractivity contribution in [2.75, 3.05) is 4.90 Å². The lowest BCUT2D eigenvalue weighted by atomic mass is 9.90. The number of amides is 2. The van der Waals surface area contributed by atoms with Gasteiger partial charge < -0.3 is 5.32 Å². The minimum absolute atomic E-state index is 0.0489. The van der Waals surface area contributed by atoms with Crippen LogP contribution < -0.4 is 10.2 Å². The van der Waals surface area contributed by atoms with E-state index in [1.807, 2.05) is 39.0 Å². The summed E-state index contributed by atoms with van der Waals surface area (Å²) in [5.41, 5.74) is 1.03. The standard InChI is InChI=1S/C16H21BrN2O2/c1-5-13-14(20)18-16(4,6-2)15(21)19(13)11-8-7-10(3)12(17)9-11/h7-9,13H,5-6H2,1-4H3,(H,18,20). The van der Waals surface area contributed by atoms with Crippen molar-refractivity contribution in [2.45, 2.75) is 52.1 Å². The maximum atomic E-state index is 12.9. The van der Waals surface area contributed by atoms with Crippen LogP contribution in [0.3, 0.4) is 0 Å². The van der Waals surface area contributed by atoms with E-state index in [0.717, 1.165) is 15.7 Å². The van der Waals surface area contributed by atoms with Gasteiger partial charge >= 0.3 is 0 Å². The first kappa shape index (κ1) is 16.0. The second-order valence-electron chi connectivity index (χ2n) is 5.71. The molecule has 2 amide bonds. The van der Waals surface area contributed by atoms with Crippen LogP contribution in [0.5, 0.6) is 0 Å². The van der Waals surface area contributed by atoms with Gasteiger partial charge in [-0.1, -0.05) is 35.8 Å². The molecule has 114 valence electrons. The van der Waals surface area contributed by atoms with Gasteiger partial charge in [0.1, 0.15) is 11.6 Å². The fraction of sp³-hybridized carbons (Fsp3) is 0.500. The number of carbonyl (C=O) groups excluding carboxylic acids is 2. The molecule has 1 N–H and O–H groups in total. The number of benzene rings is 1. The Morgan fingerprint density at radius 2 is 2.00 bits per heavy atom. The van der Waals surface area contributed by atoms with Gasteiger partial charge in [-0.05, 0) is 44.4 Å². The molecule has 1 aromatic rings. The zero-order valence-electron chi connectivity index (χ0n) is 12.9. The second kappa shape index (κ2) is 5.79. The highest BCUT2D eigenvalue weighted by Crippen LogP contribution is 2.31. The fourth-order valence-corrected chi connectivity index (χ4v) is 2.94. The molecule has 1 fully saturated rings. The van der Waals surface area contributed by atoms with Crippen molar-refractivity contribution in [1.29, 1.82) is 0 Å². The third-order valence-corrected chi connectivity index (χ3v) is 5.09. The first-order valence-electron chi connectivity index (χ1n) is 7.26. The third kappa shape index (κ3) is 2.71. The summed E-state index contributed by atoms with van der Waals surface area (Å²) < 4.78 is 0.937. The fourth-order valence-electron chi connectivity index (χ4n) is 2.57. The Bertz CT molecular complexity index is 588. The number of hydrogen-bond donors (Lipinski definition) is 1. The molecule has 5 heteroatoms. The van der Waals surface area contributed by atoms with Crippen LogP contribution in [0.15, 0.2) is 22.7 Å². The molecule has 0 saturated carbocycles. The lowest BCUT2D eigenvalue weighted by Crippen LogP contribution is -2.69. The molecule has 2 rings (SSSR count). The number of hydrogen-bond acceptors (Lipinski definition) is 2. The van der Waals surface area contributed by atoms with Gasteiger partial charge in [0.05, 0.1) is 0 Å². The zero-order valence-corrected chi connectivity index (χ0v) is 14.5. The molecule has 1 aliphatic rings. The van der Waals surface area contributed by atoms with Crippen LogP contribution in [-0.2, 0) is 9.59 Å². The van der Waals surface area contributed by atoms with Crippen molar-refractivity contribution >= 4 is 33.4 Å². The number of piperazine rings is 1. The van der Waals surface area contributed by atoms with Gasteiger partial charge in [0, 0.05) is 10.2 Å². The molecule has 2 atom stereocenters. The van der Waals surface area contributed by atoms with Crippen LogP contribution in [0, 0.1) is 6.92 Å². The molecule has 1 aromatic carbocycles. The summed E-state index contributed by atoms with van der Waals surface area (Å²) in [5, 5.41) is 2.88. The number of nitrogens with one attached hydrogen (secondary N) is 1. The molecule has 0 aliphatic carbocycles. The Hall–Kier alpha value is -1.36. The van der Waals surface area contributed by atoms with Crippen molar-refractivity contribution in [1.82, 2.24) is 5.32 Å². The second-order valence-corrected chi connectivity index (χ2v) is 6.56. The summed E-state index contributed by atoms with van der Waals surface area (Å²) in [7, 11) is 0. The van der Waals surface area contributed by atoms with Gasteiger partial charge in [-0.2, -0.15) is 0 Å². The zero-order chi connectivity index (χ0) is 15.8. The predicted octanol–water partition coefficient (Wildman–Crippen LogP) is 3.17. The predicted molar refractivity (Wildman–Crippen MR) is 87.3 cm³/mol. The number of anilines is 1. The lowest BCUT2D eigenvalue weighted by Gasteiger charge is -2.44. The first-order chi connectivity index (χ1) is 9.84. The summed E-state index contributed by atoms with van der Waals surface area (Å²) in [5.74, 6) is -0.134. The molecule has 0 aromatic heterocycles. The molecule has 21 heavy (non-hydrogen) atoms. The topological polar surface area (TPSA) is 49.4 Å². The van der Waals surface area contributed by atoms with E-state index >= 15 is 0 Å². The molecule has 2 unspecified atom stereocenters. The number of rotatable bonds is 3. The van der Waals surface area contributed by atoms with Crippen LogP contribution in [0.25, 0.3) is 0 Å². The van der Waals surface area contributed by atoms with Gasteiger partial charge in [0.15, 0.2) is 0 Å². The van der Waals surface area contributed by atoms with E-state index in [0.29, 0.717) is 12.8 Å². The molecule has 1 heterocycles. The Morgan fingerprint density at radius 3 is 2.52 bits per heavy atom. The Kier molecular flexibility index (Phi) is 4.42. The quantitative estimate of drug-likeness (QED) is 0.908. The summed E-state index contributed by atoms with van der Waals surface area (Å²) in [4.78, 5) is 26.9. The van der Waals surface area contributed by atoms with Crippen molar-refractivity contribution in [3.05, 3.63) is 28.2 Å². The van der Waals surface area contributed by atoms with Gasteiger partial charge in [-0.3, -0.25) is 14.5 Å². The monoisotopic (exact) mass is 352 g/mol. The minimum atomic E-state index is -0.833. The molecule has 1 aliphatic heterocycles. The molecule has 4 nitrogen and oxygen atoms in total. The van der Waals surface area contributed by atoms with E-state index in [1.54, 1.807) is 11.8 Å². The minimum Gasteiger partial charge on any atom is -0.340 e. The van der Waals surface area contributed by atoms with Gasteiger partial charge in [-0.25, -0.2) is 0 Å². The highest BCUT2D eigenvalue weighted by atomic mass is 79.9.